The molecule has 1 aromatic rings. The van der Waals surface area contributed by atoms with Crippen LogP contribution in [-0.2, 0) is 16.3 Å². The Morgan fingerprint density at radius 1 is 1.50 bits per heavy atom. The Hall–Kier alpha value is -0.770. The van der Waals surface area contributed by atoms with Gasteiger partial charge in [-0.25, -0.2) is 8.42 Å². The van der Waals surface area contributed by atoms with Crippen LogP contribution in [0.3, 0.4) is 0 Å². The van der Waals surface area contributed by atoms with Crippen molar-refractivity contribution in [2.75, 3.05) is 24.6 Å². The van der Waals surface area contributed by atoms with E-state index in [1.807, 2.05) is 12.1 Å². The van der Waals surface area contributed by atoms with Crippen LogP contribution in [0.25, 0.3) is 0 Å². The maximum absolute atomic E-state index is 11.5. The largest absolute Gasteiger partial charge is 0.469 e. The second-order valence-electron chi connectivity index (χ2n) is 5.23. The molecule has 1 atom stereocenters. The standard InChI is InChI=1S/C14H23N3O3S.HI/c1-2-7-15-14(16-8-5-13-4-3-9-20-13)17-12-6-10-21(18,19)11-12;/h3-4,9,12H,2,5-8,10-11H2,1H3,(H2,15,16,17);1H. The number of nitrogens with one attached hydrogen (secondary N) is 2. The summed E-state index contributed by atoms with van der Waals surface area (Å²) in [7, 11) is -2.88. The second kappa shape index (κ2) is 9.39. The summed E-state index contributed by atoms with van der Waals surface area (Å²) < 4.78 is 28.3. The molecule has 0 spiro atoms. The van der Waals surface area contributed by atoms with Gasteiger partial charge in [0.05, 0.1) is 17.8 Å². The average Bonchev–Trinajstić information content (AvgIpc) is 3.05. The highest BCUT2D eigenvalue weighted by molar-refractivity contribution is 14.0. The quantitative estimate of drug-likeness (QED) is 0.398. The second-order valence-corrected chi connectivity index (χ2v) is 7.46. The molecule has 1 fully saturated rings. The fourth-order valence-corrected chi connectivity index (χ4v) is 3.91. The van der Waals surface area contributed by atoms with Crippen molar-refractivity contribution in [1.82, 2.24) is 10.6 Å². The van der Waals surface area contributed by atoms with Crippen molar-refractivity contribution < 1.29 is 12.8 Å². The molecular formula is C14H24IN3O3S. The molecule has 2 rings (SSSR count). The number of sulfone groups is 1. The Labute approximate surface area is 149 Å². The van der Waals surface area contributed by atoms with Gasteiger partial charge in [-0.2, -0.15) is 0 Å². The van der Waals surface area contributed by atoms with Crippen LogP contribution in [0.5, 0.6) is 0 Å². The molecule has 22 heavy (non-hydrogen) atoms. The Morgan fingerprint density at radius 2 is 2.32 bits per heavy atom. The van der Waals surface area contributed by atoms with Gasteiger partial charge in [0.25, 0.3) is 0 Å². The van der Waals surface area contributed by atoms with E-state index in [2.05, 4.69) is 22.5 Å². The smallest absolute Gasteiger partial charge is 0.191 e. The summed E-state index contributed by atoms with van der Waals surface area (Å²) in [4.78, 5) is 4.44. The molecule has 1 aliphatic heterocycles. The van der Waals surface area contributed by atoms with Crippen LogP contribution < -0.4 is 10.6 Å². The number of hydrogen-bond acceptors (Lipinski definition) is 4. The molecule has 0 saturated carbocycles. The molecule has 1 aromatic heterocycles. The third-order valence-corrected chi connectivity index (χ3v) is 5.08. The predicted molar refractivity (Wildman–Crippen MR) is 98.6 cm³/mol. The molecule has 2 N–H and O–H groups in total. The highest BCUT2D eigenvalue weighted by Gasteiger charge is 2.28. The summed E-state index contributed by atoms with van der Waals surface area (Å²) in [6, 6.07) is 3.76. The zero-order valence-corrected chi connectivity index (χ0v) is 15.9. The normalized spacial score (nSPS) is 20.4. The summed E-state index contributed by atoms with van der Waals surface area (Å²) in [6.07, 6.45) is 4.02. The molecule has 6 nitrogen and oxygen atoms in total. The average molecular weight is 441 g/mol. The summed E-state index contributed by atoms with van der Waals surface area (Å²) in [6.45, 7) is 3.47. The van der Waals surface area contributed by atoms with E-state index in [1.165, 1.54) is 0 Å². The molecule has 0 bridgehead atoms. The number of guanidine groups is 1. The molecule has 126 valence electrons. The maximum atomic E-state index is 11.5. The molecule has 0 radical (unpaired) electrons. The molecule has 1 aliphatic rings. The van der Waals surface area contributed by atoms with Crippen LogP contribution in [0.1, 0.15) is 25.5 Å². The van der Waals surface area contributed by atoms with Crippen LogP contribution in [-0.4, -0.2) is 45.0 Å². The molecule has 1 unspecified atom stereocenters. The SMILES string of the molecule is CCCN=C(NCCc1ccco1)NC1CCS(=O)(=O)C1.I. The minimum atomic E-state index is -2.88. The Bertz CT molecular complexity index is 558. The van der Waals surface area contributed by atoms with E-state index < -0.39 is 9.84 Å². The van der Waals surface area contributed by atoms with E-state index in [0.717, 1.165) is 25.1 Å². The van der Waals surface area contributed by atoms with Crippen molar-refractivity contribution in [3.63, 3.8) is 0 Å². The third kappa shape index (κ3) is 6.55. The molecule has 0 amide bonds. The van der Waals surface area contributed by atoms with Crippen molar-refractivity contribution in [3.05, 3.63) is 24.2 Å². The van der Waals surface area contributed by atoms with E-state index in [-0.39, 0.29) is 41.5 Å². The lowest BCUT2D eigenvalue weighted by Crippen LogP contribution is -2.44. The zero-order valence-electron chi connectivity index (χ0n) is 12.7. The van der Waals surface area contributed by atoms with Crippen molar-refractivity contribution in [2.45, 2.75) is 32.2 Å². The first-order valence-electron chi connectivity index (χ1n) is 7.37. The number of rotatable bonds is 6. The van der Waals surface area contributed by atoms with Gasteiger partial charge in [0.2, 0.25) is 0 Å². The van der Waals surface area contributed by atoms with Crippen LogP contribution in [0.2, 0.25) is 0 Å². The van der Waals surface area contributed by atoms with Gasteiger partial charge in [-0.3, -0.25) is 4.99 Å². The lowest BCUT2D eigenvalue weighted by atomic mass is 10.3. The molecule has 1 saturated heterocycles. The Balaban J connectivity index is 0.00000242. The Morgan fingerprint density at radius 3 is 2.91 bits per heavy atom. The van der Waals surface area contributed by atoms with E-state index in [0.29, 0.717) is 18.9 Å². The van der Waals surface area contributed by atoms with Crippen LogP contribution in [0, 0.1) is 0 Å². The fraction of sp³-hybridized carbons (Fsp3) is 0.643. The minimum Gasteiger partial charge on any atom is -0.469 e. The minimum absolute atomic E-state index is 0. The van der Waals surface area contributed by atoms with Crippen LogP contribution in [0.15, 0.2) is 27.8 Å². The number of halogens is 1. The number of furan rings is 1. The van der Waals surface area contributed by atoms with Gasteiger partial charge in [-0.05, 0) is 25.0 Å². The summed E-state index contributed by atoms with van der Waals surface area (Å²) >= 11 is 0. The van der Waals surface area contributed by atoms with Crippen molar-refractivity contribution in [3.8, 4) is 0 Å². The number of aliphatic imine (C=N–C) groups is 1. The highest BCUT2D eigenvalue weighted by atomic mass is 127. The van der Waals surface area contributed by atoms with Crippen LogP contribution in [0.4, 0.5) is 0 Å². The number of nitrogens with zero attached hydrogens (tertiary/aromatic N) is 1. The summed E-state index contributed by atoms with van der Waals surface area (Å²) in [5.74, 6) is 2.06. The monoisotopic (exact) mass is 441 g/mol. The molecule has 0 aliphatic carbocycles. The van der Waals surface area contributed by atoms with E-state index in [9.17, 15) is 8.42 Å². The van der Waals surface area contributed by atoms with Crippen molar-refractivity contribution >= 4 is 39.8 Å². The predicted octanol–water partition coefficient (Wildman–Crippen LogP) is 1.57. The number of hydrogen-bond donors (Lipinski definition) is 2. The first-order chi connectivity index (χ1) is 10.1. The molecule has 2 heterocycles. The van der Waals surface area contributed by atoms with Gasteiger partial charge >= 0.3 is 0 Å². The van der Waals surface area contributed by atoms with Gasteiger partial charge in [0, 0.05) is 25.6 Å². The van der Waals surface area contributed by atoms with E-state index >= 15 is 0 Å². The zero-order chi connectivity index (χ0) is 15.1. The van der Waals surface area contributed by atoms with Gasteiger partial charge in [-0.15, -0.1) is 24.0 Å². The van der Waals surface area contributed by atoms with Crippen LogP contribution >= 0.6 is 24.0 Å². The van der Waals surface area contributed by atoms with Crippen molar-refractivity contribution in [2.24, 2.45) is 4.99 Å². The molecule has 0 aromatic carbocycles. The maximum Gasteiger partial charge on any atom is 0.191 e. The lowest BCUT2D eigenvalue weighted by Gasteiger charge is -2.16. The first kappa shape index (κ1) is 19.3. The molecule has 8 heteroatoms. The molecular weight excluding hydrogens is 417 g/mol. The summed E-state index contributed by atoms with van der Waals surface area (Å²) in [5.41, 5.74) is 0. The first-order valence-corrected chi connectivity index (χ1v) is 9.19. The fourth-order valence-electron chi connectivity index (χ4n) is 2.24. The van der Waals surface area contributed by atoms with Crippen molar-refractivity contribution in [1.29, 1.82) is 0 Å². The van der Waals surface area contributed by atoms with Gasteiger partial charge in [0.15, 0.2) is 15.8 Å². The van der Waals surface area contributed by atoms with E-state index in [4.69, 9.17) is 4.42 Å². The van der Waals surface area contributed by atoms with Gasteiger partial charge < -0.3 is 15.1 Å². The highest BCUT2D eigenvalue weighted by Crippen LogP contribution is 2.11. The van der Waals surface area contributed by atoms with E-state index in [1.54, 1.807) is 6.26 Å². The van der Waals surface area contributed by atoms with Gasteiger partial charge in [0.1, 0.15) is 5.76 Å². The third-order valence-electron chi connectivity index (χ3n) is 3.31. The Kier molecular flexibility index (Phi) is 8.23. The lowest BCUT2D eigenvalue weighted by molar-refractivity contribution is 0.506. The summed E-state index contributed by atoms with van der Waals surface area (Å²) in [5, 5.41) is 6.45. The topological polar surface area (TPSA) is 83.7 Å². The van der Waals surface area contributed by atoms with Gasteiger partial charge in [-0.1, -0.05) is 6.92 Å².